The maximum Gasteiger partial charge on any atom is 0.416 e. The highest BCUT2D eigenvalue weighted by atomic mass is 19.4. The van der Waals surface area contributed by atoms with E-state index in [9.17, 15) is 27.9 Å². The number of anilines is 1. The van der Waals surface area contributed by atoms with Gasteiger partial charge in [-0.2, -0.15) is 13.2 Å². The summed E-state index contributed by atoms with van der Waals surface area (Å²) in [6, 6.07) is 4.86. The predicted octanol–water partition coefficient (Wildman–Crippen LogP) is 4.52. The van der Waals surface area contributed by atoms with Crippen LogP contribution in [-0.4, -0.2) is 70.7 Å². The molecule has 1 aromatic heterocycles. The lowest BCUT2D eigenvalue weighted by molar-refractivity contribution is -0.137. The molecule has 2 aromatic rings. The first kappa shape index (κ1) is 28.0. The molecule has 0 bridgehead atoms. The van der Waals surface area contributed by atoms with Gasteiger partial charge in [0.15, 0.2) is 0 Å². The number of amides is 3. The third kappa shape index (κ3) is 6.79. The Bertz CT molecular complexity index is 1140. The van der Waals surface area contributed by atoms with E-state index in [0.717, 1.165) is 12.1 Å². The minimum absolute atomic E-state index is 0.112. The lowest BCUT2D eigenvalue weighted by Gasteiger charge is -2.37. The van der Waals surface area contributed by atoms with Gasteiger partial charge in [-0.25, -0.2) is 9.78 Å². The topological polar surface area (TPSA) is 95.0 Å². The molecule has 0 aliphatic carbocycles. The van der Waals surface area contributed by atoms with Crippen molar-refractivity contribution in [3.63, 3.8) is 0 Å². The summed E-state index contributed by atoms with van der Waals surface area (Å²) < 4.78 is 44.6. The van der Waals surface area contributed by atoms with Gasteiger partial charge < -0.3 is 25.0 Å². The average molecular weight is 521 g/mol. The number of hydrogen-bond donors (Lipinski definition) is 2. The molecule has 2 N–H and O–H groups in total. The number of ether oxygens (including phenoxy) is 1. The molecular formula is C26H31F3N4O4. The van der Waals surface area contributed by atoms with E-state index in [-0.39, 0.29) is 48.7 Å². The van der Waals surface area contributed by atoms with Crippen molar-refractivity contribution in [1.29, 1.82) is 0 Å². The summed E-state index contributed by atoms with van der Waals surface area (Å²) >= 11 is 0. The van der Waals surface area contributed by atoms with E-state index in [4.69, 9.17) is 4.74 Å². The highest BCUT2D eigenvalue weighted by Crippen LogP contribution is 2.30. The number of allylic oxidation sites excluding steroid dienone is 1. The molecule has 37 heavy (non-hydrogen) atoms. The van der Waals surface area contributed by atoms with E-state index < -0.39 is 29.9 Å². The third-order valence-electron chi connectivity index (χ3n) is 6.17. The highest BCUT2D eigenvalue weighted by Gasteiger charge is 2.35. The fourth-order valence-electron chi connectivity index (χ4n) is 3.93. The Kier molecular flexibility index (Phi) is 8.80. The fraction of sp³-hybridized carbons (Fsp3) is 0.423. The maximum absolute atomic E-state index is 13.3. The van der Waals surface area contributed by atoms with Gasteiger partial charge in [-0.15, -0.1) is 0 Å². The molecule has 0 radical (unpaired) electrons. The third-order valence-corrected chi connectivity index (χ3v) is 6.17. The SMILES string of the molecule is C/C=C/c1cnc2c(c1)C(=O)N([C@@H](C)CO)C[C@H](C)[C@@H](CN(C)C(=O)Nc1ccc(C(F)(F)F)cc1)O2. The van der Waals surface area contributed by atoms with Crippen LogP contribution in [0.1, 0.15) is 42.3 Å². The average Bonchev–Trinajstić information content (AvgIpc) is 2.85. The minimum Gasteiger partial charge on any atom is -0.472 e. The van der Waals surface area contributed by atoms with Crippen molar-refractivity contribution < 1.29 is 32.6 Å². The molecule has 2 heterocycles. The monoisotopic (exact) mass is 520 g/mol. The lowest BCUT2D eigenvalue weighted by atomic mass is 10.00. The van der Waals surface area contributed by atoms with Crippen LogP contribution in [0.2, 0.25) is 0 Å². The smallest absolute Gasteiger partial charge is 0.416 e. The zero-order valence-corrected chi connectivity index (χ0v) is 21.1. The lowest BCUT2D eigenvalue weighted by Crippen LogP contribution is -2.50. The number of carbonyl (C=O) groups excluding carboxylic acids is 2. The zero-order valence-electron chi connectivity index (χ0n) is 21.1. The number of nitrogens with zero attached hydrogens (tertiary/aromatic N) is 3. The Balaban J connectivity index is 1.81. The first-order chi connectivity index (χ1) is 17.4. The summed E-state index contributed by atoms with van der Waals surface area (Å²) in [6.45, 7) is 5.62. The van der Waals surface area contributed by atoms with Crippen LogP contribution >= 0.6 is 0 Å². The summed E-state index contributed by atoms with van der Waals surface area (Å²) in [6.07, 6.45) is 0.172. The molecule has 3 amide bonds. The van der Waals surface area contributed by atoms with Gasteiger partial charge in [-0.05, 0) is 49.7 Å². The summed E-state index contributed by atoms with van der Waals surface area (Å²) in [5.41, 5.74) is 0.377. The molecular weight excluding hydrogens is 489 g/mol. The molecule has 0 saturated heterocycles. The van der Waals surface area contributed by atoms with Crippen LogP contribution in [0.15, 0.2) is 42.6 Å². The van der Waals surface area contributed by atoms with Gasteiger partial charge >= 0.3 is 12.2 Å². The van der Waals surface area contributed by atoms with Crippen LogP contribution in [0.4, 0.5) is 23.7 Å². The summed E-state index contributed by atoms with van der Waals surface area (Å²) in [4.78, 5) is 33.4. The maximum atomic E-state index is 13.3. The van der Waals surface area contributed by atoms with Gasteiger partial charge in [-0.3, -0.25) is 4.79 Å². The van der Waals surface area contributed by atoms with Crippen LogP contribution in [0.25, 0.3) is 6.08 Å². The predicted molar refractivity (Wildman–Crippen MR) is 133 cm³/mol. The quantitative estimate of drug-likeness (QED) is 0.584. The van der Waals surface area contributed by atoms with E-state index >= 15 is 0 Å². The second kappa shape index (κ2) is 11.6. The van der Waals surface area contributed by atoms with Crippen molar-refractivity contribution in [2.75, 3.05) is 32.1 Å². The number of halogens is 3. The van der Waals surface area contributed by atoms with Crippen LogP contribution in [0.3, 0.4) is 0 Å². The molecule has 0 saturated carbocycles. The highest BCUT2D eigenvalue weighted by molar-refractivity contribution is 5.97. The number of nitrogens with one attached hydrogen (secondary N) is 1. The molecule has 11 heteroatoms. The first-order valence-electron chi connectivity index (χ1n) is 11.8. The molecule has 3 atom stereocenters. The van der Waals surface area contributed by atoms with Crippen molar-refractivity contribution in [1.82, 2.24) is 14.8 Å². The Labute approximate surface area is 213 Å². The van der Waals surface area contributed by atoms with E-state index in [1.54, 1.807) is 30.2 Å². The minimum atomic E-state index is -4.47. The Morgan fingerprint density at radius 2 is 2.03 bits per heavy atom. The van der Waals surface area contributed by atoms with Gasteiger partial charge in [0.05, 0.1) is 24.8 Å². The van der Waals surface area contributed by atoms with Gasteiger partial charge in [0.1, 0.15) is 11.7 Å². The number of pyridine rings is 1. The van der Waals surface area contributed by atoms with E-state index in [0.29, 0.717) is 5.56 Å². The second-order valence-electron chi connectivity index (χ2n) is 9.13. The number of aliphatic hydroxyl groups excluding tert-OH is 1. The number of fused-ring (bicyclic) bond motifs is 1. The number of urea groups is 1. The molecule has 0 spiro atoms. The number of rotatable bonds is 6. The van der Waals surface area contributed by atoms with E-state index in [2.05, 4.69) is 10.3 Å². The number of alkyl halides is 3. The van der Waals surface area contributed by atoms with Gasteiger partial charge in [0.25, 0.3) is 5.91 Å². The molecule has 1 aliphatic heterocycles. The first-order valence-corrected chi connectivity index (χ1v) is 11.8. The summed E-state index contributed by atoms with van der Waals surface area (Å²) in [7, 11) is 1.54. The van der Waals surface area contributed by atoms with E-state index in [1.807, 2.05) is 19.9 Å². The van der Waals surface area contributed by atoms with Crippen molar-refractivity contribution in [3.8, 4) is 5.88 Å². The number of carbonyl (C=O) groups is 2. The molecule has 3 rings (SSSR count). The van der Waals surface area contributed by atoms with Crippen molar-refractivity contribution >= 4 is 23.7 Å². The number of benzene rings is 1. The van der Waals surface area contributed by atoms with Crippen LogP contribution in [0, 0.1) is 5.92 Å². The molecule has 200 valence electrons. The standard InChI is InChI=1S/C26H31F3N4O4/c1-5-6-18-11-21-23(30-12-18)37-22(16(2)13-33(24(21)35)17(3)15-34)14-32(4)25(36)31-20-9-7-19(8-10-20)26(27,28)29/h5-12,16-17,22,34H,13-15H2,1-4H3,(H,31,36)/b6-5+/t16-,17-,22+/m0/s1. The Hall–Kier alpha value is -3.60. The molecule has 0 fully saturated rings. The Morgan fingerprint density at radius 3 is 2.62 bits per heavy atom. The number of likely N-dealkylation sites (N-methyl/N-ethyl adjacent to an activating group) is 1. The van der Waals surface area contributed by atoms with Crippen molar-refractivity contribution in [2.45, 2.75) is 39.1 Å². The molecule has 8 nitrogen and oxygen atoms in total. The van der Waals surface area contributed by atoms with Crippen molar-refractivity contribution in [2.24, 2.45) is 5.92 Å². The van der Waals surface area contributed by atoms with Crippen LogP contribution < -0.4 is 10.1 Å². The number of aliphatic hydroxyl groups is 1. The van der Waals surface area contributed by atoms with Gasteiger partial charge in [-0.1, -0.05) is 19.1 Å². The number of aromatic nitrogens is 1. The molecule has 1 aromatic carbocycles. The van der Waals surface area contributed by atoms with Crippen molar-refractivity contribution in [3.05, 3.63) is 59.3 Å². The largest absolute Gasteiger partial charge is 0.472 e. The molecule has 0 unspecified atom stereocenters. The normalized spacial score (nSPS) is 19.0. The van der Waals surface area contributed by atoms with E-state index in [1.165, 1.54) is 24.1 Å². The number of hydrogen-bond acceptors (Lipinski definition) is 5. The summed E-state index contributed by atoms with van der Waals surface area (Å²) in [5.74, 6) is -0.431. The molecule has 1 aliphatic rings. The van der Waals surface area contributed by atoms with Crippen LogP contribution in [0.5, 0.6) is 5.88 Å². The van der Waals surface area contributed by atoms with Crippen LogP contribution in [-0.2, 0) is 6.18 Å². The zero-order chi connectivity index (χ0) is 27.3. The Morgan fingerprint density at radius 1 is 1.35 bits per heavy atom. The second-order valence-corrected chi connectivity index (χ2v) is 9.13. The van der Waals surface area contributed by atoms with Gasteiger partial charge in [0, 0.05) is 31.4 Å². The fourth-order valence-corrected chi connectivity index (χ4v) is 3.93. The summed E-state index contributed by atoms with van der Waals surface area (Å²) in [5, 5.41) is 12.3. The van der Waals surface area contributed by atoms with Gasteiger partial charge in [0.2, 0.25) is 5.88 Å².